The Hall–Kier alpha value is -2.42. The number of halogens is 4. The van der Waals surface area contributed by atoms with Gasteiger partial charge >= 0.3 is 6.18 Å². The van der Waals surface area contributed by atoms with E-state index in [9.17, 15) is 17.6 Å². The first-order valence-electron chi connectivity index (χ1n) is 5.62. The minimum atomic E-state index is -4.41. The lowest BCUT2D eigenvalue weighted by Crippen LogP contribution is -2.04. The molecule has 6 heteroatoms. The third kappa shape index (κ3) is 2.94. The van der Waals surface area contributed by atoms with Crippen LogP contribution in [0.25, 0.3) is 11.1 Å². The molecule has 0 fully saturated rings. The van der Waals surface area contributed by atoms with Gasteiger partial charge in [-0.05, 0) is 29.8 Å². The number of hydrogen-bond donors (Lipinski definition) is 0. The molecular weight excluding hydrogens is 272 g/mol. The number of benzene rings is 1. The summed E-state index contributed by atoms with van der Waals surface area (Å²) in [4.78, 5) is 3.60. The van der Waals surface area contributed by atoms with Crippen molar-refractivity contribution in [1.29, 1.82) is 5.26 Å². The lowest BCUT2D eigenvalue weighted by Gasteiger charge is -2.09. The predicted molar refractivity (Wildman–Crippen MR) is 64.0 cm³/mol. The molecule has 0 radical (unpaired) electrons. The van der Waals surface area contributed by atoms with Gasteiger partial charge in [-0.1, -0.05) is 12.1 Å². The van der Waals surface area contributed by atoms with E-state index in [0.29, 0.717) is 11.1 Å². The highest BCUT2D eigenvalue weighted by Gasteiger charge is 2.30. The van der Waals surface area contributed by atoms with Crippen molar-refractivity contribution in [3.05, 3.63) is 53.6 Å². The number of aromatic nitrogens is 1. The van der Waals surface area contributed by atoms with Crippen molar-refractivity contribution in [2.24, 2.45) is 0 Å². The summed E-state index contributed by atoms with van der Waals surface area (Å²) < 4.78 is 50.4. The molecule has 0 aliphatic carbocycles. The molecule has 0 aliphatic heterocycles. The molecule has 0 amide bonds. The molecule has 0 saturated carbocycles. The Morgan fingerprint density at radius 1 is 1.05 bits per heavy atom. The number of rotatable bonds is 2. The third-order valence-corrected chi connectivity index (χ3v) is 2.71. The molecule has 1 aromatic carbocycles. The van der Waals surface area contributed by atoms with Gasteiger partial charge in [0, 0.05) is 5.56 Å². The van der Waals surface area contributed by atoms with Crippen molar-refractivity contribution in [3.63, 3.8) is 0 Å². The van der Waals surface area contributed by atoms with Crippen LogP contribution in [-0.2, 0) is 12.6 Å². The van der Waals surface area contributed by atoms with E-state index in [1.165, 1.54) is 18.2 Å². The number of pyridine rings is 1. The Bertz CT molecular complexity index is 654. The predicted octanol–water partition coefficient (Wildman–Crippen LogP) is 3.97. The molecule has 1 aromatic heterocycles. The molecule has 0 spiro atoms. The maximum atomic E-state index is 13.0. The maximum absolute atomic E-state index is 13.0. The smallest absolute Gasteiger partial charge is 0.223 e. The Balaban J connectivity index is 2.44. The van der Waals surface area contributed by atoms with Crippen LogP contribution in [0.2, 0.25) is 0 Å². The number of nitriles is 1. The van der Waals surface area contributed by atoms with Gasteiger partial charge in [0.1, 0.15) is 0 Å². The SMILES string of the molecule is N#CCc1nc(F)ccc1-c1ccc(C(F)(F)F)cc1. The second-order valence-corrected chi connectivity index (χ2v) is 4.04. The van der Waals surface area contributed by atoms with Gasteiger partial charge in [0.2, 0.25) is 5.95 Å². The largest absolute Gasteiger partial charge is 0.416 e. The molecule has 2 rings (SSSR count). The molecule has 0 bridgehead atoms. The summed E-state index contributed by atoms with van der Waals surface area (Å²) in [6, 6.07) is 8.78. The van der Waals surface area contributed by atoms with Crippen molar-refractivity contribution < 1.29 is 17.6 Å². The summed E-state index contributed by atoms with van der Waals surface area (Å²) in [5, 5.41) is 8.67. The average molecular weight is 280 g/mol. The number of hydrogen-bond acceptors (Lipinski definition) is 2. The Morgan fingerprint density at radius 2 is 1.70 bits per heavy atom. The van der Waals surface area contributed by atoms with Gasteiger partial charge < -0.3 is 0 Å². The van der Waals surface area contributed by atoms with E-state index in [2.05, 4.69) is 4.98 Å². The summed E-state index contributed by atoms with van der Waals surface area (Å²) in [6.07, 6.45) is -4.52. The van der Waals surface area contributed by atoms with E-state index in [0.717, 1.165) is 18.2 Å². The van der Waals surface area contributed by atoms with E-state index in [1.807, 2.05) is 6.07 Å². The van der Waals surface area contributed by atoms with E-state index in [-0.39, 0.29) is 12.1 Å². The normalized spacial score (nSPS) is 11.2. The van der Waals surface area contributed by atoms with Crippen molar-refractivity contribution in [1.82, 2.24) is 4.98 Å². The quantitative estimate of drug-likeness (QED) is 0.616. The Morgan fingerprint density at radius 3 is 2.25 bits per heavy atom. The van der Waals surface area contributed by atoms with Gasteiger partial charge in [0.15, 0.2) is 0 Å². The van der Waals surface area contributed by atoms with Gasteiger partial charge in [0.25, 0.3) is 0 Å². The zero-order chi connectivity index (χ0) is 14.8. The van der Waals surface area contributed by atoms with E-state index in [1.54, 1.807) is 0 Å². The minimum absolute atomic E-state index is 0.117. The minimum Gasteiger partial charge on any atom is -0.223 e. The molecule has 0 unspecified atom stereocenters. The van der Waals surface area contributed by atoms with Gasteiger partial charge in [-0.2, -0.15) is 22.8 Å². The van der Waals surface area contributed by atoms with E-state index in [4.69, 9.17) is 5.26 Å². The average Bonchev–Trinajstić information content (AvgIpc) is 2.38. The second-order valence-electron chi connectivity index (χ2n) is 4.04. The molecular formula is C14H8F4N2. The fourth-order valence-corrected chi connectivity index (χ4v) is 1.79. The van der Waals surface area contributed by atoms with Crippen LogP contribution in [0.4, 0.5) is 17.6 Å². The first kappa shape index (κ1) is 14.0. The van der Waals surface area contributed by atoms with Crippen molar-refractivity contribution in [3.8, 4) is 17.2 Å². The van der Waals surface area contributed by atoms with Crippen molar-refractivity contribution >= 4 is 0 Å². The molecule has 1 heterocycles. The van der Waals surface area contributed by atoms with Gasteiger partial charge in [-0.3, -0.25) is 0 Å². The lowest BCUT2D eigenvalue weighted by molar-refractivity contribution is -0.137. The van der Waals surface area contributed by atoms with Gasteiger partial charge in [-0.15, -0.1) is 0 Å². The van der Waals surface area contributed by atoms with Gasteiger partial charge in [0.05, 0.1) is 23.7 Å². The third-order valence-electron chi connectivity index (χ3n) is 2.71. The fraction of sp³-hybridized carbons (Fsp3) is 0.143. The summed E-state index contributed by atoms with van der Waals surface area (Å²) in [5.41, 5.74) is 0.336. The maximum Gasteiger partial charge on any atom is 0.416 e. The lowest BCUT2D eigenvalue weighted by atomic mass is 10.0. The Kier molecular flexibility index (Phi) is 3.70. The monoisotopic (exact) mass is 280 g/mol. The van der Waals surface area contributed by atoms with E-state index >= 15 is 0 Å². The molecule has 2 aromatic rings. The summed E-state index contributed by atoms with van der Waals surface area (Å²) in [5.74, 6) is -0.731. The zero-order valence-corrected chi connectivity index (χ0v) is 10.1. The number of nitrogens with zero attached hydrogens (tertiary/aromatic N) is 2. The standard InChI is InChI=1S/C14H8F4N2/c15-13-6-5-11(12(20-13)7-8-19)9-1-3-10(4-2-9)14(16,17)18/h1-6H,7H2. The topological polar surface area (TPSA) is 36.7 Å². The van der Waals surface area contributed by atoms with Crippen LogP contribution < -0.4 is 0 Å². The van der Waals surface area contributed by atoms with Crippen LogP contribution in [-0.4, -0.2) is 4.98 Å². The number of alkyl halides is 3. The van der Waals surface area contributed by atoms with Crippen LogP contribution in [0.5, 0.6) is 0 Å². The second kappa shape index (κ2) is 5.29. The molecule has 0 saturated heterocycles. The van der Waals surface area contributed by atoms with E-state index < -0.39 is 17.7 Å². The Labute approximate surface area is 112 Å². The summed E-state index contributed by atoms with van der Waals surface area (Å²) >= 11 is 0. The fourth-order valence-electron chi connectivity index (χ4n) is 1.79. The molecule has 0 N–H and O–H groups in total. The first-order chi connectivity index (χ1) is 9.41. The van der Waals surface area contributed by atoms with Crippen LogP contribution in [0.15, 0.2) is 36.4 Å². The molecule has 0 aliphatic rings. The van der Waals surface area contributed by atoms with Crippen LogP contribution in [0.3, 0.4) is 0 Å². The molecule has 102 valence electrons. The van der Waals surface area contributed by atoms with Crippen LogP contribution >= 0.6 is 0 Å². The molecule has 20 heavy (non-hydrogen) atoms. The highest BCUT2D eigenvalue weighted by molar-refractivity contribution is 5.66. The highest BCUT2D eigenvalue weighted by Crippen LogP contribution is 2.31. The zero-order valence-electron chi connectivity index (χ0n) is 10.1. The first-order valence-corrected chi connectivity index (χ1v) is 5.62. The summed E-state index contributed by atoms with van der Waals surface area (Å²) in [7, 11) is 0. The molecule has 0 atom stereocenters. The van der Waals surface area contributed by atoms with Crippen molar-refractivity contribution in [2.75, 3.05) is 0 Å². The van der Waals surface area contributed by atoms with Gasteiger partial charge in [-0.25, -0.2) is 4.98 Å². The van der Waals surface area contributed by atoms with Crippen LogP contribution in [0.1, 0.15) is 11.3 Å². The molecule has 2 nitrogen and oxygen atoms in total. The van der Waals surface area contributed by atoms with Crippen LogP contribution in [0, 0.1) is 17.3 Å². The summed E-state index contributed by atoms with van der Waals surface area (Å²) in [6.45, 7) is 0. The highest BCUT2D eigenvalue weighted by atomic mass is 19.4. The van der Waals surface area contributed by atoms with Crippen molar-refractivity contribution in [2.45, 2.75) is 12.6 Å².